The van der Waals surface area contributed by atoms with Crippen LogP contribution in [0.1, 0.15) is 25.5 Å². The van der Waals surface area contributed by atoms with Crippen LogP contribution in [-0.4, -0.2) is 40.3 Å². The van der Waals surface area contributed by atoms with Gasteiger partial charge < -0.3 is 10.2 Å². The standard InChI is InChI=1S/C13H19NO3/c1-13(2,17)9-14(3)11(12(15)16)10-7-5-4-6-8-10/h4-8,11,17H,9H2,1-3H3,(H,15,16). The summed E-state index contributed by atoms with van der Waals surface area (Å²) in [6.45, 7) is 3.61. The van der Waals surface area contributed by atoms with Gasteiger partial charge in [0, 0.05) is 6.54 Å². The summed E-state index contributed by atoms with van der Waals surface area (Å²) in [4.78, 5) is 12.9. The maximum atomic E-state index is 11.3. The molecule has 0 saturated carbocycles. The Hall–Kier alpha value is -1.39. The number of rotatable bonds is 5. The van der Waals surface area contributed by atoms with Gasteiger partial charge in [-0.3, -0.25) is 9.69 Å². The zero-order valence-electron chi connectivity index (χ0n) is 10.4. The van der Waals surface area contributed by atoms with Gasteiger partial charge in [0.1, 0.15) is 6.04 Å². The number of aliphatic hydroxyl groups is 1. The zero-order valence-corrected chi connectivity index (χ0v) is 10.4. The summed E-state index contributed by atoms with van der Waals surface area (Å²) in [5.74, 6) is -0.914. The summed E-state index contributed by atoms with van der Waals surface area (Å²) in [6.07, 6.45) is 0. The van der Waals surface area contributed by atoms with Crippen LogP contribution in [0.15, 0.2) is 30.3 Å². The van der Waals surface area contributed by atoms with E-state index in [1.54, 1.807) is 37.9 Å². The lowest BCUT2D eigenvalue weighted by Gasteiger charge is -2.30. The van der Waals surface area contributed by atoms with Crippen LogP contribution >= 0.6 is 0 Å². The number of carboxylic acids is 1. The van der Waals surface area contributed by atoms with Gasteiger partial charge in [0.15, 0.2) is 0 Å². The first-order valence-electron chi connectivity index (χ1n) is 5.51. The molecule has 1 rings (SSSR count). The highest BCUT2D eigenvalue weighted by atomic mass is 16.4. The Morgan fingerprint density at radius 1 is 1.35 bits per heavy atom. The topological polar surface area (TPSA) is 60.8 Å². The molecule has 4 nitrogen and oxygen atoms in total. The molecule has 0 heterocycles. The quantitative estimate of drug-likeness (QED) is 0.815. The van der Waals surface area contributed by atoms with Crippen molar-refractivity contribution >= 4 is 5.97 Å². The van der Waals surface area contributed by atoms with E-state index in [9.17, 15) is 15.0 Å². The lowest BCUT2D eigenvalue weighted by molar-refractivity contribution is -0.144. The molecule has 2 N–H and O–H groups in total. The Bertz CT molecular complexity index is 370. The Morgan fingerprint density at radius 3 is 2.29 bits per heavy atom. The van der Waals surface area contributed by atoms with E-state index in [-0.39, 0.29) is 0 Å². The highest BCUT2D eigenvalue weighted by Gasteiger charge is 2.28. The van der Waals surface area contributed by atoms with Crippen LogP contribution < -0.4 is 0 Å². The van der Waals surface area contributed by atoms with Gasteiger partial charge in [-0.15, -0.1) is 0 Å². The fourth-order valence-electron chi connectivity index (χ4n) is 1.92. The minimum atomic E-state index is -0.919. The van der Waals surface area contributed by atoms with Crippen molar-refractivity contribution in [2.45, 2.75) is 25.5 Å². The zero-order chi connectivity index (χ0) is 13.1. The minimum Gasteiger partial charge on any atom is -0.480 e. The van der Waals surface area contributed by atoms with Crippen LogP contribution in [0.4, 0.5) is 0 Å². The SMILES string of the molecule is CN(CC(C)(C)O)C(C(=O)O)c1ccccc1. The summed E-state index contributed by atoms with van der Waals surface area (Å²) in [5, 5.41) is 19.0. The van der Waals surface area contributed by atoms with Crippen molar-refractivity contribution < 1.29 is 15.0 Å². The molecule has 0 bridgehead atoms. The van der Waals surface area contributed by atoms with E-state index in [4.69, 9.17) is 0 Å². The van der Waals surface area contributed by atoms with E-state index in [1.807, 2.05) is 18.2 Å². The average Bonchev–Trinajstić information content (AvgIpc) is 2.15. The summed E-state index contributed by atoms with van der Waals surface area (Å²) in [7, 11) is 1.70. The fraction of sp³-hybridized carbons (Fsp3) is 0.462. The van der Waals surface area contributed by atoms with Gasteiger partial charge in [0.25, 0.3) is 0 Å². The first-order chi connectivity index (χ1) is 7.81. The number of aliphatic carboxylic acids is 1. The number of hydrogen-bond acceptors (Lipinski definition) is 3. The van der Waals surface area contributed by atoms with Gasteiger partial charge >= 0.3 is 5.97 Å². The lowest BCUT2D eigenvalue weighted by atomic mass is 10.0. The summed E-state index contributed by atoms with van der Waals surface area (Å²) in [5.41, 5.74) is -0.205. The molecule has 0 aromatic heterocycles. The van der Waals surface area contributed by atoms with Crippen LogP contribution in [0, 0.1) is 0 Å². The molecule has 0 aliphatic heterocycles. The highest BCUT2D eigenvalue weighted by molar-refractivity contribution is 5.75. The predicted molar refractivity (Wildman–Crippen MR) is 65.7 cm³/mol. The van der Waals surface area contributed by atoms with Crippen molar-refractivity contribution in [2.24, 2.45) is 0 Å². The molecule has 0 spiro atoms. The molecule has 0 aliphatic rings. The van der Waals surface area contributed by atoms with Crippen molar-refractivity contribution in [3.8, 4) is 0 Å². The summed E-state index contributed by atoms with van der Waals surface area (Å²) < 4.78 is 0. The monoisotopic (exact) mass is 237 g/mol. The van der Waals surface area contributed by atoms with Gasteiger partial charge in [-0.25, -0.2) is 0 Å². The van der Waals surface area contributed by atoms with Gasteiger partial charge in [-0.05, 0) is 26.5 Å². The molecular weight excluding hydrogens is 218 g/mol. The molecule has 0 radical (unpaired) electrons. The van der Waals surface area contributed by atoms with Crippen molar-refractivity contribution in [3.05, 3.63) is 35.9 Å². The molecule has 1 atom stereocenters. The maximum absolute atomic E-state index is 11.3. The van der Waals surface area contributed by atoms with Gasteiger partial charge in [0.2, 0.25) is 0 Å². The second kappa shape index (κ2) is 5.29. The van der Waals surface area contributed by atoms with Crippen LogP contribution in [0.2, 0.25) is 0 Å². The minimum absolute atomic E-state index is 0.291. The number of carbonyl (C=O) groups is 1. The molecular formula is C13H19NO3. The summed E-state index contributed by atoms with van der Waals surface area (Å²) >= 11 is 0. The second-order valence-corrected chi connectivity index (χ2v) is 4.88. The number of hydrogen-bond donors (Lipinski definition) is 2. The highest BCUT2D eigenvalue weighted by Crippen LogP contribution is 2.21. The van der Waals surface area contributed by atoms with E-state index < -0.39 is 17.6 Å². The van der Waals surface area contributed by atoms with Crippen molar-refractivity contribution in [1.29, 1.82) is 0 Å². The molecule has 0 aliphatic carbocycles. The molecule has 0 amide bonds. The first-order valence-corrected chi connectivity index (χ1v) is 5.51. The van der Waals surface area contributed by atoms with E-state index in [2.05, 4.69) is 0 Å². The van der Waals surface area contributed by atoms with Gasteiger partial charge in [-0.1, -0.05) is 30.3 Å². The molecule has 0 fully saturated rings. The largest absolute Gasteiger partial charge is 0.480 e. The number of nitrogens with zero attached hydrogens (tertiary/aromatic N) is 1. The predicted octanol–water partition coefficient (Wildman–Crippen LogP) is 1.52. The molecule has 0 saturated heterocycles. The van der Waals surface area contributed by atoms with E-state index >= 15 is 0 Å². The molecule has 4 heteroatoms. The third-order valence-corrected chi connectivity index (χ3v) is 2.43. The Morgan fingerprint density at radius 2 is 1.88 bits per heavy atom. The van der Waals surface area contributed by atoms with E-state index in [0.717, 1.165) is 0 Å². The van der Waals surface area contributed by atoms with Crippen LogP contribution in [-0.2, 0) is 4.79 Å². The third-order valence-electron chi connectivity index (χ3n) is 2.43. The fourth-order valence-corrected chi connectivity index (χ4v) is 1.92. The third kappa shape index (κ3) is 4.17. The normalized spacial score (nSPS) is 13.7. The maximum Gasteiger partial charge on any atom is 0.325 e. The van der Waals surface area contributed by atoms with Crippen LogP contribution in [0.5, 0.6) is 0 Å². The lowest BCUT2D eigenvalue weighted by Crippen LogP contribution is -2.41. The van der Waals surface area contributed by atoms with Crippen molar-refractivity contribution in [3.63, 3.8) is 0 Å². The molecule has 17 heavy (non-hydrogen) atoms. The second-order valence-electron chi connectivity index (χ2n) is 4.88. The number of likely N-dealkylation sites (N-methyl/N-ethyl adjacent to an activating group) is 1. The Labute approximate surface area is 101 Å². The van der Waals surface area contributed by atoms with E-state index in [1.165, 1.54) is 0 Å². The molecule has 94 valence electrons. The van der Waals surface area contributed by atoms with Gasteiger partial charge in [0.05, 0.1) is 5.60 Å². The summed E-state index contributed by atoms with van der Waals surface area (Å²) in [6, 6.07) is 8.28. The molecule has 1 aromatic carbocycles. The molecule has 1 aromatic rings. The first kappa shape index (κ1) is 13.7. The van der Waals surface area contributed by atoms with Crippen LogP contribution in [0.25, 0.3) is 0 Å². The smallest absolute Gasteiger partial charge is 0.325 e. The number of carboxylic acid groups (broad SMARTS) is 1. The number of benzene rings is 1. The van der Waals surface area contributed by atoms with Crippen molar-refractivity contribution in [2.75, 3.05) is 13.6 Å². The Kier molecular flexibility index (Phi) is 4.26. The molecule has 1 unspecified atom stereocenters. The Balaban J connectivity index is 2.91. The average molecular weight is 237 g/mol. The van der Waals surface area contributed by atoms with Gasteiger partial charge in [-0.2, -0.15) is 0 Å². The van der Waals surface area contributed by atoms with Crippen LogP contribution in [0.3, 0.4) is 0 Å². The van der Waals surface area contributed by atoms with Crippen molar-refractivity contribution in [1.82, 2.24) is 4.90 Å². The van der Waals surface area contributed by atoms with E-state index in [0.29, 0.717) is 12.1 Å².